The van der Waals surface area contributed by atoms with Crippen molar-refractivity contribution >= 4 is 23.7 Å². The fourth-order valence-electron chi connectivity index (χ4n) is 0.321. The zero-order valence-corrected chi connectivity index (χ0v) is 6.50. The highest BCUT2D eigenvalue weighted by molar-refractivity contribution is 8.02. The average molecular weight is 176 g/mol. The summed E-state index contributed by atoms with van der Waals surface area (Å²) in [5.41, 5.74) is 0. The van der Waals surface area contributed by atoms with Crippen LogP contribution in [0.5, 0.6) is 0 Å². The van der Waals surface area contributed by atoms with Gasteiger partial charge < -0.3 is 10.2 Å². The topological polar surface area (TPSA) is 74.6 Å². The van der Waals surface area contributed by atoms with Gasteiger partial charge in [-0.25, -0.2) is 4.79 Å². The third kappa shape index (κ3) is 9.03. The Hall–Kier alpha value is -0.970. The lowest BCUT2D eigenvalue weighted by atomic mass is 10.5. The largest absolute Gasteiger partial charge is 0.481 e. The van der Waals surface area contributed by atoms with Crippen molar-refractivity contribution in [1.29, 1.82) is 0 Å². The Morgan fingerprint density at radius 3 is 2.45 bits per heavy atom. The summed E-state index contributed by atoms with van der Waals surface area (Å²) in [5, 5.41) is 17.6. The maximum atomic E-state index is 9.94. The molecule has 0 saturated heterocycles. The van der Waals surface area contributed by atoms with Crippen LogP contribution in [0.1, 0.15) is 6.42 Å². The predicted molar refractivity (Wildman–Crippen MR) is 41.5 cm³/mol. The van der Waals surface area contributed by atoms with Crippen LogP contribution in [0.15, 0.2) is 11.5 Å². The van der Waals surface area contributed by atoms with Crippen LogP contribution >= 0.6 is 11.8 Å². The van der Waals surface area contributed by atoms with Gasteiger partial charge in [0.05, 0.1) is 6.42 Å². The molecular formula is C6H8O4S. The second-order valence-corrected chi connectivity index (χ2v) is 2.67. The highest BCUT2D eigenvalue weighted by Crippen LogP contribution is 2.03. The fraction of sp³-hybridized carbons (Fsp3) is 0.333. The molecule has 5 heteroatoms. The lowest BCUT2D eigenvalue weighted by molar-refractivity contribution is -0.136. The highest BCUT2D eigenvalue weighted by Gasteiger charge is 1.93. The minimum atomic E-state index is -1.02. The molecule has 0 rings (SSSR count). The van der Waals surface area contributed by atoms with Gasteiger partial charge in [-0.2, -0.15) is 0 Å². The summed E-state index contributed by atoms with van der Waals surface area (Å²) < 4.78 is 0. The number of rotatable bonds is 5. The zero-order chi connectivity index (χ0) is 8.69. The van der Waals surface area contributed by atoms with E-state index in [2.05, 4.69) is 0 Å². The van der Waals surface area contributed by atoms with Crippen LogP contribution in [0.2, 0.25) is 0 Å². The molecule has 0 aliphatic heterocycles. The zero-order valence-electron chi connectivity index (χ0n) is 5.69. The van der Waals surface area contributed by atoms with E-state index in [1.807, 2.05) is 0 Å². The summed E-state index contributed by atoms with van der Waals surface area (Å²) in [6, 6.07) is 0. The van der Waals surface area contributed by atoms with Crippen molar-refractivity contribution in [2.75, 3.05) is 5.75 Å². The van der Waals surface area contributed by atoms with Gasteiger partial charge in [0.1, 0.15) is 0 Å². The van der Waals surface area contributed by atoms with E-state index in [9.17, 15) is 9.59 Å². The van der Waals surface area contributed by atoms with E-state index in [0.29, 0.717) is 5.75 Å². The minimum absolute atomic E-state index is 0.0502. The van der Waals surface area contributed by atoms with Gasteiger partial charge >= 0.3 is 11.9 Å². The van der Waals surface area contributed by atoms with Crippen molar-refractivity contribution in [3.05, 3.63) is 11.5 Å². The van der Waals surface area contributed by atoms with E-state index in [-0.39, 0.29) is 6.42 Å². The molecule has 0 atom stereocenters. The van der Waals surface area contributed by atoms with Gasteiger partial charge in [-0.05, 0) is 5.41 Å². The van der Waals surface area contributed by atoms with Gasteiger partial charge in [0, 0.05) is 11.8 Å². The molecule has 0 aromatic rings. The average Bonchev–Trinajstić information content (AvgIpc) is 1.85. The molecule has 62 valence electrons. The summed E-state index contributed by atoms with van der Waals surface area (Å²) in [7, 11) is 0. The van der Waals surface area contributed by atoms with E-state index in [1.54, 1.807) is 0 Å². The fourth-order valence-corrected chi connectivity index (χ4v) is 0.962. The number of hydrogen-bond acceptors (Lipinski definition) is 3. The van der Waals surface area contributed by atoms with Crippen LogP contribution in [-0.2, 0) is 9.59 Å². The molecule has 0 fully saturated rings. The molecule has 4 nitrogen and oxygen atoms in total. The second kappa shape index (κ2) is 5.79. The summed E-state index contributed by atoms with van der Waals surface area (Å²) in [6.45, 7) is 0. The van der Waals surface area contributed by atoms with Crippen molar-refractivity contribution in [2.24, 2.45) is 0 Å². The third-order valence-electron chi connectivity index (χ3n) is 0.741. The Morgan fingerprint density at radius 1 is 1.36 bits per heavy atom. The number of aliphatic carboxylic acids is 2. The smallest absolute Gasteiger partial charge is 0.328 e. The molecule has 0 bridgehead atoms. The third-order valence-corrected chi connectivity index (χ3v) is 1.51. The van der Waals surface area contributed by atoms with Gasteiger partial charge in [0.15, 0.2) is 0 Å². The maximum absolute atomic E-state index is 9.94. The first kappa shape index (κ1) is 10.0. The van der Waals surface area contributed by atoms with Gasteiger partial charge in [-0.1, -0.05) is 0 Å². The minimum Gasteiger partial charge on any atom is -0.481 e. The maximum Gasteiger partial charge on any atom is 0.328 e. The molecule has 0 aromatic carbocycles. The van der Waals surface area contributed by atoms with Crippen LogP contribution in [0.4, 0.5) is 0 Å². The summed E-state index contributed by atoms with van der Waals surface area (Å²) in [4.78, 5) is 19.8. The molecule has 0 aromatic heterocycles. The van der Waals surface area contributed by atoms with Crippen LogP contribution in [-0.4, -0.2) is 27.9 Å². The van der Waals surface area contributed by atoms with E-state index in [4.69, 9.17) is 10.2 Å². The van der Waals surface area contributed by atoms with Crippen LogP contribution in [0, 0.1) is 0 Å². The van der Waals surface area contributed by atoms with E-state index >= 15 is 0 Å². The normalized spacial score (nSPS) is 10.2. The first-order valence-corrected chi connectivity index (χ1v) is 3.90. The highest BCUT2D eigenvalue weighted by atomic mass is 32.2. The molecule has 0 amide bonds. The SMILES string of the molecule is O=C(O)C=CSCCC(=O)O. The van der Waals surface area contributed by atoms with E-state index in [0.717, 1.165) is 6.08 Å². The van der Waals surface area contributed by atoms with Crippen molar-refractivity contribution in [3.63, 3.8) is 0 Å². The monoisotopic (exact) mass is 176 g/mol. The van der Waals surface area contributed by atoms with Crippen molar-refractivity contribution in [1.82, 2.24) is 0 Å². The predicted octanol–water partition coefficient (Wildman–Crippen LogP) is 0.793. The molecule has 0 spiro atoms. The lowest BCUT2D eigenvalue weighted by Crippen LogP contribution is -1.95. The Balaban J connectivity index is 3.27. The molecule has 0 radical (unpaired) electrons. The summed E-state index contributed by atoms with van der Waals surface area (Å²) in [6.07, 6.45) is 1.03. The van der Waals surface area contributed by atoms with Crippen LogP contribution in [0.3, 0.4) is 0 Å². The molecule has 0 heterocycles. The first-order valence-electron chi connectivity index (χ1n) is 2.86. The van der Waals surface area contributed by atoms with Crippen LogP contribution in [0.25, 0.3) is 0 Å². The number of carboxylic acid groups (broad SMARTS) is 2. The molecule has 2 N–H and O–H groups in total. The Morgan fingerprint density at radius 2 is 2.00 bits per heavy atom. The summed E-state index contributed by atoms with van der Waals surface area (Å²) >= 11 is 1.17. The Kier molecular flexibility index (Phi) is 5.28. The van der Waals surface area contributed by atoms with Gasteiger partial charge in [0.25, 0.3) is 0 Å². The van der Waals surface area contributed by atoms with Gasteiger partial charge in [-0.15, -0.1) is 11.8 Å². The van der Waals surface area contributed by atoms with Crippen molar-refractivity contribution < 1.29 is 19.8 Å². The number of carbonyl (C=O) groups is 2. The molecular weight excluding hydrogens is 168 g/mol. The number of carboxylic acids is 2. The molecule has 0 saturated carbocycles. The van der Waals surface area contributed by atoms with Crippen LogP contribution < -0.4 is 0 Å². The molecule has 0 aliphatic carbocycles. The van der Waals surface area contributed by atoms with Crippen molar-refractivity contribution in [3.8, 4) is 0 Å². The second-order valence-electron chi connectivity index (χ2n) is 1.66. The standard InChI is InChI=1S/C6H8O4S/c7-5(8)1-3-11-4-2-6(9)10/h1,3H,2,4H2,(H,7,8)(H,9,10). The Bertz CT molecular complexity index is 175. The van der Waals surface area contributed by atoms with E-state index < -0.39 is 11.9 Å². The lowest BCUT2D eigenvalue weighted by Gasteiger charge is -1.88. The number of thioether (sulfide) groups is 1. The Labute approximate surface area is 67.9 Å². The van der Waals surface area contributed by atoms with Gasteiger partial charge in [-0.3, -0.25) is 4.79 Å². The first-order chi connectivity index (χ1) is 5.13. The number of hydrogen-bond donors (Lipinski definition) is 2. The van der Waals surface area contributed by atoms with Gasteiger partial charge in [0.2, 0.25) is 0 Å². The molecule has 0 unspecified atom stereocenters. The molecule has 11 heavy (non-hydrogen) atoms. The van der Waals surface area contributed by atoms with E-state index in [1.165, 1.54) is 17.2 Å². The quantitative estimate of drug-likeness (QED) is 0.478. The summed E-state index contributed by atoms with van der Waals surface area (Å²) in [5.74, 6) is -1.49. The molecule has 0 aliphatic rings. The van der Waals surface area contributed by atoms with Crippen molar-refractivity contribution in [2.45, 2.75) is 6.42 Å².